The second kappa shape index (κ2) is 4.20. The Hall–Kier alpha value is -0.730. The molecule has 0 aromatic rings. The number of aliphatic carboxylic acids is 1. The van der Waals surface area contributed by atoms with Crippen LogP contribution in [0.1, 0.15) is 0 Å². The second-order valence-corrected chi connectivity index (χ2v) is 2.97. The molecule has 7 nitrogen and oxygen atoms in total. The number of aliphatic hydroxyl groups excluding tert-OH is 3. The molecule has 0 aliphatic carbocycles. The third-order valence-corrected chi connectivity index (χ3v) is 2.05. The maximum Gasteiger partial charge on any atom is 0.335 e. The van der Waals surface area contributed by atoms with E-state index in [1.54, 1.807) is 0 Å². The number of carboxylic acids is 1. The van der Waals surface area contributed by atoms with Gasteiger partial charge in [0.25, 0.3) is 0 Å². The summed E-state index contributed by atoms with van der Waals surface area (Å²) in [5.74, 6) is -1.53. The van der Waals surface area contributed by atoms with E-state index in [4.69, 9.17) is 14.9 Å². The molecule has 0 spiro atoms. The minimum absolute atomic E-state index is 1.12. The van der Waals surface area contributed by atoms with Gasteiger partial charge in [-0.15, -0.1) is 0 Å². The Balaban J connectivity index is 2.69. The molecule has 0 amide bonds. The normalized spacial score (nSPS) is 39.7. The first kappa shape index (κ1) is 11.3. The van der Waals surface area contributed by atoms with Gasteiger partial charge in [-0.25, -0.2) is 4.79 Å². The monoisotopic (exact) mass is 208 g/mol. The number of hydrogen-bond donors (Lipinski definition) is 4. The maximum atomic E-state index is 10.4. The molecular formula is C7H12O7. The summed E-state index contributed by atoms with van der Waals surface area (Å²) in [4.78, 5) is 10.4. The van der Waals surface area contributed by atoms with Crippen molar-refractivity contribution in [3.05, 3.63) is 0 Å². The lowest BCUT2D eigenvalue weighted by Gasteiger charge is -2.16. The zero-order chi connectivity index (χ0) is 10.9. The van der Waals surface area contributed by atoms with Gasteiger partial charge in [0.2, 0.25) is 0 Å². The number of ether oxygens (including phenoxy) is 2. The highest BCUT2D eigenvalue weighted by Crippen LogP contribution is 2.24. The topological polar surface area (TPSA) is 116 Å². The number of hydrogen-bond acceptors (Lipinski definition) is 6. The van der Waals surface area contributed by atoms with Crippen LogP contribution in [-0.2, 0) is 14.3 Å². The van der Waals surface area contributed by atoms with Crippen molar-refractivity contribution in [3.8, 4) is 0 Å². The summed E-state index contributed by atoms with van der Waals surface area (Å²) >= 11 is 0. The Bertz CT molecular complexity index is 218. The van der Waals surface area contributed by atoms with Crippen LogP contribution >= 0.6 is 0 Å². The lowest BCUT2D eigenvalue weighted by atomic mass is 10.1. The van der Waals surface area contributed by atoms with E-state index >= 15 is 0 Å². The van der Waals surface area contributed by atoms with E-state index in [0.29, 0.717) is 0 Å². The first-order chi connectivity index (χ1) is 6.49. The van der Waals surface area contributed by atoms with Crippen molar-refractivity contribution in [3.63, 3.8) is 0 Å². The molecule has 1 aliphatic heterocycles. The Morgan fingerprint density at radius 2 is 2.00 bits per heavy atom. The SMILES string of the molecule is COC1O[C@@H]([C@@H](O)C(=O)O)[C@@H](O)[C@@H]1O. The van der Waals surface area contributed by atoms with Crippen LogP contribution in [-0.4, -0.2) is 64.2 Å². The zero-order valence-corrected chi connectivity index (χ0v) is 7.40. The van der Waals surface area contributed by atoms with Gasteiger partial charge in [0.1, 0.15) is 18.3 Å². The Morgan fingerprint density at radius 1 is 1.43 bits per heavy atom. The van der Waals surface area contributed by atoms with E-state index < -0.39 is 36.7 Å². The lowest BCUT2D eigenvalue weighted by Crippen LogP contribution is -2.42. The van der Waals surface area contributed by atoms with Crippen LogP contribution in [0.15, 0.2) is 0 Å². The average molecular weight is 208 g/mol. The second-order valence-electron chi connectivity index (χ2n) is 2.97. The molecule has 0 aromatic carbocycles. The summed E-state index contributed by atoms with van der Waals surface area (Å²) in [5.41, 5.74) is 0. The first-order valence-corrected chi connectivity index (χ1v) is 3.94. The van der Waals surface area contributed by atoms with Crippen LogP contribution in [0.3, 0.4) is 0 Å². The molecule has 1 aliphatic rings. The fourth-order valence-electron chi connectivity index (χ4n) is 1.27. The number of rotatable bonds is 3. The molecule has 1 fully saturated rings. The van der Waals surface area contributed by atoms with Gasteiger partial charge in [-0.05, 0) is 0 Å². The molecule has 1 rings (SSSR count). The minimum atomic E-state index is -1.89. The molecule has 0 aromatic heterocycles. The highest BCUT2D eigenvalue weighted by atomic mass is 16.7. The van der Waals surface area contributed by atoms with E-state index in [0.717, 1.165) is 0 Å². The van der Waals surface area contributed by atoms with Crippen LogP contribution in [0, 0.1) is 0 Å². The summed E-state index contributed by atoms with van der Waals surface area (Å²) in [6.45, 7) is 0. The summed E-state index contributed by atoms with van der Waals surface area (Å²) in [6.07, 6.45) is -7.23. The van der Waals surface area contributed by atoms with E-state index in [1.165, 1.54) is 7.11 Å². The highest BCUT2D eigenvalue weighted by Gasteiger charge is 2.48. The van der Waals surface area contributed by atoms with Crippen molar-refractivity contribution in [2.45, 2.75) is 30.7 Å². The average Bonchev–Trinajstić information content (AvgIpc) is 2.43. The van der Waals surface area contributed by atoms with Crippen molar-refractivity contribution in [2.24, 2.45) is 0 Å². The Kier molecular flexibility index (Phi) is 3.40. The summed E-state index contributed by atoms with van der Waals surface area (Å²) < 4.78 is 9.42. The lowest BCUT2D eigenvalue weighted by molar-refractivity contribution is -0.177. The number of aliphatic hydroxyl groups is 3. The van der Waals surface area contributed by atoms with Crippen molar-refractivity contribution in [2.75, 3.05) is 7.11 Å². The quantitative estimate of drug-likeness (QED) is 0.406. The van der Waals surface area contributed by atoms with Gasteiger partial charge in [-0.2, -0.15) is 0 Å². The van der Waals surface area contributed by atoms with Crippen LogP contribution in [0.2, 0.25) is 0 Å². The summed E-state index contributed by atoms with van der Waals surface area (Å²) in [7, 11) is 1.23. The van der Waals surface area contributed by atoms with E-state index in [9.17, 15) is 15.0 Å². The smallest absolute Gasteiger partial charge is 0.335 e. The number of carbonyl (C=O) groups is 1. The van der Waals surface area contributed by atoms with Gasteiger partial charge >= 0.3 is 5.97 Å². The number of carboxylic acid groups (broad SMARTS) is 1. The molecular weight excluding hydrogens is 196 g/mol. The van der Waals surface area contributed by atoms with Crippen LogP contribution in [0.5, 0.6) is 0 Å². The van der Waals surface area contributed by atoms with Gasteiger partial charge in [0.05, 0.1) is 0 Å². The van der Waals surface area contributed by atoms with Gasteiger partial charge in [0, 0.05) is 7.11 Å². The van der Waals surface area contributed by atoms with E-state index in [2.05, 4.69) is 4.74 Å². The van der Waals surface area contributed by atoms with Gasteiger partial charge in [-0.3, -0.25) is 0 Å². The predicted molar refractivity (Wildman–Crippen MR) is 41.3 cm³/mol. The first-order valence-electron chi connectivity index (χ1n) is 3.94. The standard InChI is InChI=1S/C7H12O7/c1-13-7-3(9)2(8)5(14-7)4(10)6(11)12/h2-5,7-10H,1H3,(H,11,12)/t2-,3-,4+,5+,7?/m0/s1. The van der Waals surface area contributed by atoms with E-state index in [-0.39, 0.29) is 0 Å². The highest BCUT2D eigenvalue weighted by molar-refractivity contribution is 5.72. The van der Waals surface area contributed by atoms with E-state index in [1.807, 2.05) is 0 Å². The molecule has 0 radical (unpaired) electrons. The van der Waals surface area contributed by atoms with Crippen molar-refractivity contribution in [1.29, 1.82) is 0 Å². The molecule has 0 saturated carbocycles. The summed E-state index contributed by atoms with van der Waals surface area (Å²) in [5, 5.41) is 36.1. The molecule has 14 heavy (non-hydrogen) atoms. The molecule has 1 unspecified atom stereocenters. The van der Waals surface area contributed by atoms with Gasteiger partial charge in [-0.1, -0.05) is 0 Å². The Morgan fingerprint density at radius 3 is 2.36 bits per heavy atom. The summed E-state index contributed by atoms with van der Waals surface area (Å²) in [6, 6.07) is 0. The fraction of sp³-hybridized carbons (Fsp3) is 0.857. The number of methoxy groups -OCH3 is 1. The molecule has 7 heteroatoms. The van der Waals surface area contributed by atoms with Crippen LogP contribution in [0.25, 0.3) is 0 Å². The van der Waals surface area contributed by atoms with Crippen molar-refractivity contribution in [1.82, 2.24) is 0 Å². The largest absolute Gasteiger partial charge is 0.479 e. The van der Waals surface area contributed by atoms with Gasteiger partial charge in [0.15, 0.2) is 12.4 Å². The van der Waals surface area contributed by atoms with Gasteiger partial charge < -0.3 is 29.9 Å². The molecule has 4 N–H and O–H groups in total. The molecule has 82 valence electrons. The predicted octanol–water partition coefficient (Wildman–Crippen LogP) is -2.47. The molecule has 1 heterocycles. The molecule has 1 saturated heterocycles. The minimum Gasteiger partial charge on any atom is -0.479 e. The van der Waals surface area contributed by atoms with Crippen molar-refractivity contribution < 1.29 is 34.7 Å². The van der Waals surface area contributed by atoms with Crippen LogP contribution < -0.4 is 0 Å². The third kappa shape index (κ3) is 1.86. The Labute approximate surface area is 79.5 Å². The van der Waals surface area contributed by atoms with Crippen LogP contribution in [0.4, 0.5) is 0 Å². The molecule has 0 bridgehead atoms. The molecule has 5 atom stereocenters. The van der Waals surface area contributed by atoms with Crippen molar-refractivity contribution >= 4 is 5.97 Å². The third-order valence-electron chi connectivity index (χ3n) is 2.05. The fourth-order valence-corrected chi connectivity index (χ4v) is 1.27. The zero-order valence-electron chi connectivity index (χ0n) is 7.40. The maximum absolute atomic E-state index is 10.4.